The molecular formula is C22H17ClN4O2. The van der Waals surface area contributed by atoms with Gasteiger partial charge in [-0.1, -0.05) is 41.0 Å². The van der Waals surface area contributed by atoms with Gasteiger partial charge in [-0.15, -0.1) is 0 Å². The molecule has 0 aliphatic rings. The number of H-pyrrole nitrogens is 1. The van der Waals surface area contributed by atoms with Crippen LogP contribution in [0.3, 0.4) is 0 Å². The SMILES string of the molecule is Cc1noc2c(-c3ccc4cc[nH]c4c3)nn(C(C)c3ccc(Cl)cc3)c(=O)c12. The summed E-state index contributed by atoms with van der Waals surface area (Å²) in [5.41, 5.74) is 4.06. The van der Waals surface area contributed by atoms with E-state index < -0.39 is 0 Å². The van der Waals surface area contributed by atoms with Gasteiger partial charge in [0, 0.05) is 22.3 Å². The van der Waals surface area contributed by atoms with Crippen molar-refractivity contribution in [2.45, 2.75) is 19.9 Å². The molecule has 0 amide bonds. The van der Waals surface area contributed by atoms with E-state index in [-0.39, 0.29) is 11.6 Å². The molecule has 0 spiro atoms. The molecule has 2 aromatic carbocycles. The minimum Gasteiger partial charge on any atom is -0.361 e. The van der Waals surface area contributed by atoms with Crippen molar-refractivity contribution in [1.29, 1.82) is 0 Å². The molecule has 0 bridgehead atoms. The molecule has 5 aromatic rings. The largest absolute Gasteiger partial charge is 0.361 e. The highest BCUT2D eigenvalue weighted by Gasteiger charge is 2.22. The zero-order valence-corrected chi connectivity index (χ0v) is 16.6. The maximum atomic E-state index is 13.2. The average Bonchev–Trinajstić information content (AvgIpc) is 3.35. The van der Waals surface area contributed by atoms with Gasteiger partial charge in [-0.25, -0.2) is 4.68 Å². The minimum absolute atomic E-state index is 0.231. The van der Waals surface area contributed by atoms with Crippen LogP contribution in [0.5, 0.6) is 0 Å². The molecule has 1 N–H and O–H groups in total. The summed E-state index contributed by atoms with van der Waals surface area (Å²) in [6.07, 6.45) is 1.89. The van der Waals surface area contributed by atoms with E-state index >= 15 is 0 Å². The average molecular weight is 405 g/mol. The van der Waals surface area contributed by atoms with Gasteiger partial charge in [-0.05, 0) is 49.1 Å². The van der Waals surface area contributed by atoms with Gasteiger partial charge in [0.2, 0.25) is 5.58 Å². The summed E-state index contributed by atoms with van der Waals surface area (Å²) >= 11 is 6.01. The Kier molecular flexibility index (Phi) is 4.03. The van der Waals surface area contributed by atoms with Crippen LogP contribution in [0.1, 0.15) is 24.2 Å². The molecule has 29 heavy (non-hydrogen) atoms. The molecule has 0 saturated heterocycles. The van der Waals surface area contributed by atoms with Gasteiger partial charge in [0.1, 0.15) is 11.1 Å². The molecule has 1 atom stereocenters. The van der Waals surface area contributed by atoms with E-state index in [9.17, 15) is 4.79 Å². The first kappa shape index (κ1) is 17.7. The van der Waals surface area contributed by atoms with Gasteiger partial charge < -0.3 is 9.51 Å². The van der Waals surface area contributed by atoms with Gasteiger partial charge in [-0.3, -0.25) is 4.79 Å². The van der Waals surface area contributed by atoms with Crippen molar-refractivity contribution in [3.05, 3.63) is 81.4 Å². The molecule has 6 nitrogen and oxygen atoms in total. The van der Waals surface area contributed by atoms with Crippen LogP contribution in [0.2, 0.25) is 5.02 Å². The number of halogens is 1. The summed E-state index contributed by atoms with van der Waals surface area (Å²) in [7, 11) is 0. The first-order valence-corrected chi connectivity index (χ1v) is 9.62. The fraction of sp³-hybridized carbons (Fsp3) is 0.136. The highest BCUT2D eigenvalue weighted by atomic mass is 35.5. The number of rotatable bonds is 3. The van der Waals surface area contributed by atoms with Crippen LogP contribution in [-0.2, 0) is 0 Å². The van der Waals surface area contributed by atoms with Crippen LogP contribution in [0.15, 0.2) is 64.0 Å². The first-order valence-electron chi connectivity index (χ1n) is 9.24. The molecule has 3 aromatic heterocycles. The second kappa shape index (κ2) is 6.60. The fourth-order valence-electron chi connectivity index (χ4n) is 3.63. The molecule has 0 fully saturated rings. The van der Waals surface area contributed by atoms with E-state index in [1.54, 1.807) is 6.92 Å². The summed E-state index contributed by atoms with van der Waals surface area (Å²) in [4.78, 5) is 16.4. The molecule has 0 aliphatic carbocycles. The zero-order chi connectivity index (χ0) is 20.1. The van der Waals surface area contributed by atoms with E-state index in [0.29, 0.717) is 27.4 Å². The quantitative estimate of drug-likeness (QED) is 0.453. The molecular weight excluding hydrogens is 388 g/mol. The van der Waals surface area contributed by atoms with Gasteiger partial charge in [0.05, 0.1) is 11.7 Å². The number of nitrogens with zero attached hydrogens (tertiary/aromatic N) is 3. The number of aromatic amines is 1. The Morgan fingerprint density at radius 2 is 1.93 bits per heavy atom. The van der Waals surface area contributed by atoms with Gasteiger partial charge in [0.15, 0.2) is 0 Å². The van der Waals surface area contributed by atoms with Crippen LogP contribution in [0.25, 0.3) is 33.1 Å². The highest BCUT2D eigenvalue weighted by Crippen LogP contribution is 2.30. The number of benzene rings is 2. The van der Waals surface area contributed by atoms with Gasteiger partial charge >= 0.3 is 0 Å². The van der Waals surface area contributed by atoms with E-state index in [1.165, 1.54) is 4.68 Å². The molecule has 5 rings (SSSR count). The Balaban J connectivity index is 1.77. The number of hydrogen-bond donors (Lipinski definition) is 1. The van der Waals surface area contributed by atoms with Gasteiger partial charge in [0.25, 0.3) is 5.56 Å². The van der Waals surface area contributed by atoms with Gasteiger partial charge in [-0.2, -0.15) is 5.10 Å². The summed E-state index contributed by atoms with van der Waals surface area (Å²) in [6, 6.07) is 15.1. The number of aromatic nitrogens is 4. The topological polar surface area (TPSA) is 76.7 Å². The smallest absolute Gasteiger partial charge is 0.280 e. The van der Waals surface area contributed by atoms with Crippen molar-refractivity contribution < 1.29 is 4.52 Å². The first-order chi connectivity index (χ1) is 14.0. The van der Waals surface area contributed by atoms with Crippen LogP contribution in [-0.4, -0.2) is 19.9 Å². The Morgan fingerprint density at radius 1 is 1.14 bits per heavy atom. The number of nitrogens with one attached hydrogen (secondary N) is 1. The van der Waals surface area contributed by atoms with Crippen LogP contribution < -0.4 is 5.56 Å². The predicted octanol–water partition coefficient (Wildman–Crippen LogP) is 5.10. The van der Waals surface area contributed by atoms with Crippen LogP contribution >= 0.6 is 11.6 Å². The number of hydrogen-bond acceptors (Lipinski definition) is 4. The van der Waals surface area contributed by atoms with E-state index in [0.717, 1.165) is 22.0 Å². The lowest BCUT2D eigenvalue weighted by atomic mass is 10.1. The number of aryl methyl sites for hydroxylation is 1. The second-order valence-electron chi connectivity index (χ2n) is 7.08. The Morgan fingerprint density at radius 3 is 2.72 bits per heavy atom. The summed E-state index contributed by atoms with van der Waals surface area (Å²) in [6.45, 7) is 3.70. The van der Waals surface area contributed by atoms with Crippen molar-refractivity contribution in [3.8, 4) is 11.3 Å². The van der Waals surface area contributed by atoms with Crippen LogP contribution in [0, 0.1) is 6.92 Å². The third-order valence-corrected chi connectivity index (χ3v) is 5.51. The lowest BCUT2D eigenvalue weighted by Gasteiger charge is -2.16. The normalized spacial score (nSPS) is 12.7. The van der Waals surface area contributed by atoms with Crippen molar-refractivity contribution in [2.75, 3.05) is 0 Å². The van der Waals surface area contributed by atoms with Crippen LogP contribution in [0.4, 0.5) is 0 Å². The molecule has 3 heterocycles. The molecule has 1 unspecified atom stereocenters. The Hall–Kier alpha value is -3.38. The lowest BCUT2D eigenvalue weighted by molar-refractivity contribution is 0.448. The molecule has 0 aliphatic heterocycles. The second-order valence-corrected chi connectivity index (χ2v) is 7.51. The van der Waals surface area contributed by atoms with Crippen molar-refractivity contribution in [3.63, 3.8) is 0 Å². The minimum atomic E-state index is -0.286. The molecule has 0 saturated carbocycles. The highest BCUT2D eigenvalue weighted by molar-refractivity contribution is 6.30. The van der Waals surface area contributed by atoms with E-state index in [1.807, 2.05) is 61.7 Å². The standard InChI is InChI=1S/C22H17ClN4O2/c1-12-19-21(29-26-12)20(16-4-3-15-9-10-24-18(15)11-16)25-27(22(19)28)13(2)14-5-7-17(23)8-6-14/h3-11,13,24H,1-2H3. The Bertz CT molecular complexity index is 1410. The zero-order valence-electron chi connectivity index (χ0n) is 15.8. The van der Waals surface area contributed by atoms with Crippen molar-refractivity contribution in [2.24, 2.45) is 0 Å². The fourth-order valence-corrected chi connectivity index (χ4v) is 3.75. The molecule has 144 valence electrons. The third-order valence-electron chi connectivity index (χ3n) is 5.26. The summed E-state index contributed by atoms with van der Waals surface area (Å²) < 4.78 is 7.00. The third kappa shape index (κ3) is 2.84. The van der Waals surface area contributed by atoms with E-state index in [2.05, 4.69) is 10.1 Å². The summed E-state index contributed by atoms with van der Waals surface area (Å²) in [5.74, 6) is 0. The predicted molar refractivity (Wildman–Crippen MR) is 113 cm³/mol. The molecule has 0 radical (unpaired) electrons. The monoisotopic (exact) mass is 404 g/mol. The maximum absolute atomic E-state index is 13.2. The maximum Gasteiger partial charge on any atom is 0.280 e. The number of fused-ring (bicyclic) bond motifs is 2. The summed E-state index contributed by atoms with van der Waals surface area (Å²) in [5, 5.41) is 10.9. The van der Waals surface area contributed by atoms with Crippen molar-refractivity contribution in [1.82, 2.24) is 19.9 Å². The Labute approximate surface area is 170 Å². The van der Waals surface area contributed by atoms with E-state index in [4.69, 9.17) is 21.2 Å². The lowest BCUT2D eigenvalue weighted by Crippen LogP contribution is -2.27. The van der Waals surface area contributed by atoms with Crippen molar-refractivity contribution >= 4 is 33.5 Å². The molecule has 7 heteroatoms.